The first-order chi connectivity index (χ1) is 12.8. The molecular weight excluding hydrogens is 324 g/mol. The van der Waals surface area contributed by atoms with E-state index in [1.54, 1.807) is 0 Å². The molecule has 26 heavy (non-hydrogen) atoms. The van der Waals surface area contributed by atoms with Crippen molar-refractivity contribution in [2.75, 3.05) is 31.1 Å². The lowest BCUT2D eigenvalue weighted by Crippen LogP contribution is -2.50. The first-order valence-electron chi connectivity index (χ1n) is 10.1. The molecule has 0 atom stereocenters. The van der Waals surface area contributed by atoms with Crippen molar-refractivity contribution < 1.29 is 4.79 Å². The third-order valence-corrected chi connectivity index (χ3v) is 6.14. The number of rotatable bonds is 3. The Hall–Kier alpha value is -2.17. The molecule has 0 spiro atoms. The zero-order valence-corrected chi connectivity index (χ0v) is 15.2. The zero-order valence-electron chi connectivity index (χ0n) is 15.2. The second-order valence-electron chi connectivity index (χ2n) is 7.99. The Kier molecular flexibility index (Phi) is 4.03. The van der Waals surface area contributed by atoms with Crippen molar-refractivity contribution in [2.24, 2.45) is 5.92 Å². The predicted molar refractivity (Wildman–Crippen MR) is 102 cm³/mol. The molecular formula is C21H26N4O. The summed E-state index contributed by atoms with van der Waals surface area (Å²) < 4.78 is 0. The average molecular weight is 350 g/mol. The quantitative estimate of drug-likeness (QED) is 0.852. The van der Waals surface area contributed by atoms with Gasteiger partial charge in [0.05, 0.1) is 5.52 Å². The number of hydrogen-bond acceptors (Lipinski definition) is 4. The second kappa shape index (κ2) is 6.53. The second-order valence-corrected chi connectivity index (χ2v) is 7.99. The Balaban J connectivity index is 1.37. The summed E-state index contributed by atoms with van der Waals surface area (Å²) in [6, 6.07) is 8.32. The van der Waals surface area contributed by atoms with Crippen LogP contribution >= 0.6 is 0 Å². The number of hydrogen-bond donors (Lipinski definition) is 0. The van der Waals surface area contributed by atoms with Crippen molar-refractivity contribution >= 4 is 22.6 Å². The van der Waals surface area contributed by atoms with Crippen LogP contribution in [-0.2, 0) is 4.79 Å². The summed E-state index contributed by atoms with van der Waals surface area (Å²) in [5.41, 5.74) is 1.05. The first-order valence-corrected chi connectivity index (χ1v) is 10.1. The molecule has 2 heterocycles. The fourth-order valence-electron chi connectivity index (χ4n) is 4.41. The molecule has 1 saturated heterocycles. The molecule has 0 N–H and O–H groups in total. The van der Waals surface area contributed by atoms with Crippen molar-refractivity contribution in [3.05, 3.63) is 30.1 Å². The van der Waals surface area contributed by atoms with Crippen LogP contribution in [0.1, 0.15) is 50.3 Å². The molecule has 3 aliphatic rings. The Labute approximate surface area is 154 Å². The maximum absolute atomic E-state index is 12.7. The highest BCUT2D eigenvalue weighted by Gasteiger charge is 2.31. The normalized spacial score (nSPS) is 21.5. The van der Waals surface area contributed by atoms with Crippen LogP contribution in [0, 0.1) is 5.92 Å². The van der Waals surface area contributed by atoms with E-state index < -0.39 is 0 Å². The van der Waals surface area contributed by atoms with Gasteiger partial charge in [-0.3, -0.25) is 4.79 Å². The molecule has 2 saturated carbocycles. The average Bonchev–Trinajstić information content (AvgIpc) is 3.41. The third-order valence-electron chi connectivity index (χ3n) is 6.14. The smallest absolute Gasteiger partial charge is 0.225 e. The van der Waals surface area contributed by atoms with E-state index >= 15 is 0 Å². The number of amides is 1. The molecule has 136 valence electrons. The number of piperazine rings is 1. The number of anilines is 1. The lowest BCUT2D eigenvalue weighted by Gasteiger charge is -2.37. The molecule has 2 aromatic rings. The molecule has 2 aliphatic carbocycles. The number of carbonyl (C=O) groups excluding carboxylic acids is 1. The van der Waals surface area contributed by atoms with Gasteiger partial charge in [0.2, 0.25) is 5.91 Å². The summed E-state index contributed by atoms with van der Waals surface area (Å²) in [7, 11) is 0. The maximum atomic E-state index is 12.7. The molecule has 0 unspecified atom stereocenters. The number of benzene rings is 1. The molecule has 5 nitrogen and oxygen atoms in total. The van der Waals surface area contributed by atoms with Gasteiger partial charge in [0, 0.05) is 43.4 Å². The summed E-state index contributed by atoms with van der Waals surface area (Å²) in [5, 5.41) is 1.13. The van der Waals surface area contributed by atoms with E-state index in [-0.39, 0.29) is 5.92 Å². The minimum atomic E-state index is 0.280. The third kappa shape index (κ3) is 2.93. The summed E-state index contributed by atoms with van der Waals surface area (Å²) in [4.78, 5) is 26.9. The van der Waals surface area contributed by atoms with Crippen LogP contribution in [0.15, 0.2) is 24.3 Å². The van der Waals surface area contributed by atoms with E-state index in [1.165, 1.54) is 25.7 Å². The molecule has 0 bridgehead atoms. The van der Waals surface area contributed by atoms with Crippen molar-refractivity contribution in [3.63, 3.8) is 0 Å². The van der Waals surface area contributed by atoms with Gasteiger partial charge in [-0.05, 0) is 37.8 Å². The van der Waals surface area contributed by atoms with E-state index in [2.05, 4.69) is 28.0 Å². The summed E-state index contributed by atoms with van der Waals surface area (Å²) in [6.07, 6.45) is 7.02. The number of carbonyl (C=O) groups is 1. The monoisotopic (exact) mass is 350 g/mol. The molecule has 1 aliphatic heterocycles. The van der Waals surface area contributed by atoms with Gasteiger partial charge in [-0.15, -0.1) is 0 Å². The van der Waals surface area contributed by atoms with Crippen LogP contribution in [0.25, 0.3) is 10.9 Å². The van der Waals surface area contributed by atoms with Gasteiger partial charge in [0.25, 0.3) is 0 Å². The Bertz CT molecular complexity index is 818. The molecule has 1 amide bonds. The highest BCUT2D eigenvalue weighted by Crippen LogP contribution is 2.40. The summed E-state index contributed by atoms with van der Waals surface area (Å²) in [6.45, 7) is 3.35. The minimum absolute atomic E-state index is 0.280. The van der Waals surface area contributed by atoms with Gasteiger partial charge in [0.1, 0.15) is 11.6 Å². The van der Waals surface area contributed by atoms with Gasteiger partial charge < -0.3 is 9.80 Å². The van der Waals surface area contributed by atoms with E-state index in [4.69, 9.17) is 9.97 Å². The highest BCUT2D eigenvalue weighted by atomic mass is 16.2. The molecule has 1 aromatic carbocycles. The highest BCUT2D eigenvalue weighted by molar-refractivity contribution is 5.89. The maximum Gasteiger partial charge on any atom is 0.225 e. The van der Waals surface area contributed by atoms with Crippen molar-refractivity contribution in [3.8, 4) is 0 Å². The molecule has 0 radical (unpaired) electrons. The van der Waals surface area contributed by atoms with Crippen molar-refractivity contribution in [1.82, 2.24) is 14.9 Å². The van der Waals surface area contributed by atoms with Gasteiger partial charge in [-0.2, -0.15) is 0 Å². The summed E-state index contributed by atoms with van der Waals surface area (Å²) in [5.74, 6) is 3.27. The first kappa shape index (κ1) is 16.0. The van der Waals surface area contributed by atoms with Gasteiger partial charge in [0.15, 0.2) is 0 Å². The number of aromatic nitrogens is 2. The molecule has 5 rings (SSSR count). The summed E-state index contributed by atoms with van der Waals surface area (Å²) >= 11 is 0. The Morgan fingerprint density at radius 3 is 2.38 bits per heavy atom. The van der Waals surface area contributed by atoms with E-state index in [0.717, 1.165) is 61.6 Å². The minimum Gasteiger partial charge on any atom is -0.352 e. The van der Waals surface area contributed by atoms with E-state index in [9.17, 15) is 4.79 Å². The van der Waals surface area contributed by atoms with Gasteiger partial charge in [-0.25, -0.2) is 9.97 Å². The van der Waals surface area contributed by atoms with Crippen LogP contribution in [0.2, 0.25) is 0 Å². The fraction of sp³-hybridized carbons (Fsp3) is 0.571. The van der Waals surface area contributed by atoms with Crippen LogP contribution in [-0.4, -0.2) is 47.0 Å². The predicted octanol–water partition coefficient (Wildman–Crippen LogP) is 3.35. The van der Waals surface area contributed by atoms with Crippen LogP contribution in [0.3, 0.4) is 0 Å². The van der Waals surface area contributed by atoms with E-state index in [1.807, 2.05) is 6.07 Å². The lowest BCUT2D eigenvalue weighted by molar-refractivity contribution is -0.135. The Morgan fingerprint density at radius 1 is 0.923 bits per heavy atom. The van der Waals surface area contributed by atoms with Gasteiger partial charge in [-0.1, -0.05) is 25.0 Å². The van der Waals surface area contributed by atoms with Crippen molar-refractivity contribution in [1.29, 1.82) is 0 Å². The van der Waals surface area contributed by atoms with Gasteiger partial charge >= 0.3 is 0 Å². The lowest BCUT2D eigenvalue weighted by atomic mass is 10.1. The largest absolute Gasteiger partial charge is 0.352 e. The SMILES string of the molecule is O=C(C1CCCC1)N1CCN(c2nc(C3CC3)nc3ccccc23)CC1. The standard InChI is InChI=1S/C21H26N4O/c26-21(16-5-1-2-6-16)25-13-11-24(12-14-25)20-17-7-3-4-8-18(17)22-19(23-20)15-9-10-15/h3-4,7-8,15-16H,1-2,5-6,9-14H2. The number of para-hydroxylation sites is 1. The number of fused-ring (bicyclic) bond motifs is 1. The number of nitrogens with zero attached hydrogens (tertiary/aromatic N) is 4. The Morgan fingerprint density at radius 2 is 1.65 bits per heavy atom. The van der Waals surface area contributed by atoms with Crippen LogP contribution in [0.4, 0.5) is 5.82 Å². The molecule has 3 fully saturated rings. The molecule has 5 heteroatoms. The van der Waals surface area contributed by atoms with E-state index in [0.29, 0.717) is 11.8 Å². The fourth-order valence-corrected chi connectivity index (χ4v) is 4.41. The van der Waals surface area contributed by atoms with Crippen LogP contribution in [0.5, 0.6) is 0 Å². The van der Waals surface area contributed by atoms with Crippen molar-refractivity contribution in [2.45, 2.75) is 44.4 Å². The zero-order chi connectivity index (χ0) is 17.5. The topological polar surface area (TPSA) is 49.3 Å². The van der Waals surface area contributed by atoms with Crippen LogP contribution < -0.4 is 4.90 Å². The molecule has 1 aromatic heterocycles.